The normalized spacial score (nSPS) is 26.6. The fourth-order valence-electron chi connectivity index (χ4n) is 3.75. The Morgan fingerprint density at radius 2 is 2.10 bits per heavy atom. The van der Waals surface area contributed by atoms with Crippen LogP contribution in [-0.2, 0) is 0 Å². The number of hydrogen-bond acceptors (Lipinski definition) is 4. The maximum absolute atomic E-state index is 14.0. The summed E-state index contributed by atoms with van der Waals surface area (Å²) in [5.74, 6) is -0.581. The van der Waals surface area contributed by atoms with Crippen molar-refractivity contribution >= 4 is 5.69 Å². The average Bonchev–Trinajstić information content (AvgIpc) is 2.94. The summed E-state index contributed by atoms with van der Waals surface area (Å²) in [7, 11) is 0. The first-order chi connectivity index (χ1) is 9.94. The Morgan fingerprint density at radius 1 is 1.43 bits per heavy atom. The zero-order valence-electron chi connectivity index (χ0n) is 12.0. The third-order valence-corrected chi connectivity index (χ3v) is 5.10. The number of rotatable bonds is 3. The fourth-order valence-corrected chi connectivity index (χ4v) is 3.75. The number of hydrogen-bond donors (Lipinski definition) is 1. The molecular weight excluding hydrogens is 275 g/mol. The van der Waals surface area contributed by atoms with E-state index in [4.69, 9.17) is 10.5 Å². The molecule has 21 heavy (non-hydrogen) atoms. The number of aryl methyl sites for hydroxylation is 1. The van der Waals surface area contributed by atoms with Gasteiger partial charge in [-0.15, -0.1) is 0 Å². The van der Waals surface area contributed by atoms with E-state index < -0.39 is 10.7 Å². The van der Waals surface area contributed by atoms with Gasteiger partial charge in [-0.3, -0.25) is 10.1 Å². The molecule has 2 aliphatic carbocycles. The van der Waals surface area contributed by atoms with E-state index in [1.54, 1.807) is 6.92 Å². The lowest BCUT2D eigenvalue weighted by Gasteiger charge is -2.52. The molecule has 0 saturated heterocycles. The molecule has 2 aliphatic rings. The molecule has 2 saturated carbocycles. The van der Waals surface area contributed by atoms with Crippen molar-refractivity contribution in [1.82, 2.24) is 0 Å². The minimum Gasteiger partial charge on any atom is -0.487 e. The molecule has 0 aromatic heterocycles. The molecule has 114 valence electrons. The quantitative estimate of drug-likeness (QED) is 0.686. The minimum absolute atomic E-state index is 0.0257. The highest BCUT2D eigenvalue weighted by Crippen LogP contribution is 2.54. The fraction of sp³-hybridized carbons (Fsp3) is 0.600. The Kier molecular flexibility index (Phi) is 3.36. The molecule has 1 aromatic rings. The number of ether oxygens (including phenoxy) is 1. The Bertz CT molecular complexity index is 585. The van der Waals surface area contributed by atoms with Crippen LogP contribution in [0.3, 0.4) is 0 Å². The van der Waals surface area contributed by atoms with Crippen molar-refractivity contribution in [3.8, 4) is 5.75 Å². The first kappa shape index (κ1) is 14.3. The van der Waals surface area contributed by atoms with Crippen LogP contribution in [0.25, 0.3) is 0 Å². The van der Waals surface area contributed by atoms with Gasteiger partial charge in [-0.2, -0.15) is 0 Å². The van der Waals surface area contributed by atoms with Crippen LogP contribution in [0, 0.1) is 28.3 Å². The molecular formula is C15H19FN2O3. The predicted octanol–water partition coefficient (Wildman–Crippen LogP) is 3.08. The largest absolute Gasteiger partial charge is 0.487 e. The lowest BCUT2D eigenvalue weighted by Crippen LogP contribution is -2.62. The summed E-state index contributed by atoms with van der Waals surface area (Å²) >= 11 is 0. The second-order valence-electron chi connectivity index (χ2n) is 6.22. The average molecular weight is 294 g/mol. The maximum Gasteiger partial charge on any atom is 0.275 e. The van der Waals surface area contributed by atoms with Crippen molar-refractivity contribution in [2.45, 2.75) is 51.2 Å². The van der Waals surface area contributed by atoms with Crippen LogP contribution >= 0.6 is 0 Å². The SMILES string of the molecule is Cc1cc(OC2CC(N)C23CCCC3)c(F)cc1[N+](=O)[O-]. The van der Waals surface area contributed by atoms with E-state index in [0.717, 1.165) is 38.2 Å². The van der Waals surface area contributed by atoms with Crippen LogP contribution in [0.15, 0.2) is 12.1 Å². The summed E-state index contributed by atoms with van der Waals surface area (Å²) in [6.07, 6.45) is 4.95. The van der Waals surface area contributed by atoms with Gasteiger partial charge in [-0.25, -0.2) is 4.39 Å². The van der Waals surface area contributed by atoms with E-state index in [9.17, 15) is 14.5 Å². The lowest BCUT2D eigenvalue weighted by molar-refractivity contribution is -0.385. The molecule has 1 spiro atoms. The third-order valence-electron chi connectivity index (χ3n) is 5.10. The number of nitrogens with zero attached hydrogens (tertiary/aromatic N) is 1. The van der Waals surface area contributed by atoms with Crippen LogP contribution in [0.2, 0.25) is 0 Å². The number of nitro benzene ring substituents is 1. The number of nitrogens with two attached hydrogens (primary N) is 1. The molecule has 2 fully saturated rings. The highest BCUT2D eigenvalue weighted by atomic mass is 19.1. The van der Waals surface area contributed by atoms with Crippen molar-refractivity contribution in [2.75, 3.05) is 0 Å². The van der Waals surface area contributed by atoms with Crippen molar-refractivity contribution in [1.29, 1.82) is 0 Å². The zero-order valence-corrected chi connectivity index (χ0v) is 12.0. The van der Waals surface area contributed by atoms with E-state index >= 15 is 0 Å². The highest BCUT2D eigenvalue weighted by Gasteiger charge is 2.56. The summed E-state index contributed by atoms with van der Waals surface area (Å²) in [6, 6.07) is 2.47. The molecule has 2 atom stereocenters. The minimum atomic E-state index is -0.680. The van der Waals surface area contributed by atoms with Gasteiger partial charge in [0.05, 0.1) is 11.0 Å². The van der Waals surface area contributed by atoms with E-state index in [-0.39, 0.29) is 29.0 Å². The molecule has 0 radical (unpaired) electrons. The topological polar surface area (TPSA) is 78.4 Å². The first-order valence-electron chi connectivity index (χ1n) is 7.31. The van der Waals surface area contributed by atoms with Gasteiger partial charge in [0.15, 0.2) is 11.6 Å². The molecule has 2 unspecified atom stereocenters. The summed E-state index contributed by atoms with van der Waals surface area (Å²) in [6.45, 7) is 1.59. The zero-order chi connectivity index (χ0) is 15.2. The lowest BCUT2D eigenvalue weighted by atomic mass is 9.61. The van der Waals surface area contributed by atoms with Crippen LogP contribution in [-0.4, -0.2) is 17.1 Å². The van der Waals surface area contributed by atoms with Gasteiger partial charge >= 0.3 is 0 Å². The van der Waals surface area contributed by atoms with Gasteiger partial charge in [-0.1, -0.05) is 12.8 Å². The van der Waals surface area contributed by atoms with Gasteiger partial charge in [0, 0.05) is 23.4 Å². The van der Waals surface area contributed by atoms with Crippen molar-refractivity contribution in [2.24, 2.45) is 11.1 Å². The number of halogens is 1. The van der Waals surface area contributed by atoms with E-state index in [1.165, 1.54) is 6.07 Å². The molecule has 6 heteroatoms. The van der Waals surface area contributed by atoms with E-state index in [0.29, 0.717) is 5.56 Å². The first-order valence-corrected chi connectivity index (χ1v) is 7.31. The summed E-state index contributed by atoms with van der Waals surface area (Å²) < 4.78 is 19.9. The summed E-state index contributed by atoms with van der Waals surface area (Å²) in [5, 5.41) is 10.8. The molecule has 3 rings (SSSR count). The number of nitro groups is 1. The monoisotopic (exact) mass is 294 g/mol. The third kappa shape index (κ3) is 2.18. The molecule has 0 aliphatic heterocycles. The van der Waals surface area contributed by atoms with E-state index in [1.807, 2.05) is 0 Å². The Hall–Kier alpha value is -1.69. The maximum atomic E-state index is 14.0. The van der Waals surface area contributed by atoms with Crippen LogP contribution in [0.1, 0.15) is 37.7 Å². The van der Waals surface area contributed by atoms with Gasteiger partial charge < -0.3 is 10.5 Å². The van der Waals surface area contributed by atoms with Crippen molar-refractivity contribution < 1.29 is 14.1 Å². The second kappa shape index (κ2) is 4.94. The molecule has 5 nitrogen and oxygen atoms in total. The van der Waals surface area contributed by atoms with Crippen molar-refractivity contribution in [3.05, 3.63) is 33.6 Å². The Labute approximate surface area is 122 Å². The van der Waals surface area contributed by atoms with Gasteiger partial charge in [-0.05, 0) is 25.8 Å². The Balaban J connectivity index is 1.83. The Morgan fingerprint density at radius 3 is 2.67 bits per heavy atom. The summed E-state index contributed by atoms with van der Waals surface area (Å²) in [4.78, 5) is 10.2. The highest BCUT2D eigenvalue weighted by molar-refractivity contribution is 5.45. The van der Waals surface area contributed by atoms with Crippen LogP contribution in [0.5, 0.6) is 5.75 Å². The van der Waals surface area contributed by atoms with Gasteiger partial charge in [0.1, 0.15) is 6.10 Å². The number of benzene rings is 1. The molecule has 0 amide bonds. The molecule has 2 N–H and O–H groups in total. The molecule has 0 bridgehead atoms. The smallest absolute Gasteiger partial charge is 0.275 e. The summed E-state index contributed by atoms with van der Waals surface area (Å²) in [5.41, 5.74) is 6.29. The molecule has 1 aromatic carbocycles. The van der Waals surface area contributed by atoms with Gasteiger partial charge in [0.2, 0.25) is 0 Å². The second-order valence-corrected chi connectivity index (χ2v) is 6.22. The van der Waals surface area contributed by atoms with Crippen molar-refractivity contribution in [3.63, 3.8) is 0 Å². The van der Waals surface area contributed by atoms with Crippen LogP contribution < -0.4 is 10.5 Å². The standard InChI is InChI=1S/C15H19FN2O3/c1-9-6-12(10(16)7-11(9)18(19)20)21-14-8-13(17)15(14)4-2-3-5-15/h6-7,13-14H,2-5,8,17H2,1H3. The van der Waals surface area contributed by atoms with Gasteiger partial charge in [0.25, 0.3) is 5.69 Å². The van der Waals surface area contributed by atoms with Crippen LogP contribution in [0.4, 0.5) is 10.1 Å². The molecule has 0 heterocycles. The predicted molar refractivity (Wildman–Crippen MR) is 75.7 cm³/mol. The van der Waals surface area contributed by atoms with E-state index in [2.05, 4.69) is 0 Å².